The topological polar surface area (TPSA) is 24.9 Å². The summed E-state index contributed by atoms with van der Waals surface area (Å²) < 4.78 is 0. The van der Waals surface area contributed by atoms with Crippen molar-refractivity contribution in [1.29, 1.82) is 0 Å². The molecule has 0 spiro atoms. The van der Waals surface area contributed by atoms with Crippen LogP contribution in [0.2, 0.25) is 0 Å². The number of aromatic nitrogens is 1. The number of rotatable bonds is 4. The van der Waals surface area contributed by atoms with Crippen LogP contribution < -0.4 is 5.32 Å². The Labute approximate surface area is 79.7 Å². The zero-order chi connectivity index (χ0) is 9.68. The summed E-state index contributed by atoms with van der Waals surface area (Å²) in [6, 6.07) is 6.53. The Hall–Kier alpha value is -1.15. The van der Waals surface area contributed by atoms with Crippen LogP contribution in [0.1, 0.15) is 25.6 Å². The Kier molecular flexibility index (Phi) is 3.65. The summed E-state index contributed by atoms with van der Waals surface area (Å²) in [5.74, 6) is 0. The first-order valence-electron chi connectivity index (χ1n) is 4.53. The second kappa shape index (κ2) is 4.77. The zero-order valence-electron chi connectivity index (χ0n) is 8.20. The second-order valence-electron chi connectivity index (χ2n) is 3.17. The van der Waals surface area contributed by atoms with Gasteiger partial charge < -0.3 is 5.32 Å². The lowest BCUT2D eigenvalue weighted by Crippen LogP contribution is -2.27. The van der Waals surface area contributed by atoms with E-state index in [0.29, 0.717) is 6.04 Å². The Morgan fingerprint density at radius 3 is 2.77 bits per heavy atom. The van der Waals surface area contributed by atoms with Gasteiger partial charge in [-0.2, -0.15) is 0 Å². The van der Waals surface area contributed by atoms with Crippen molar-refractivity contribution in [1.82, 2.24) is 10.3 Å². The Bertz CT molecular complexity index is 256. The fourth-order valence-electron chi connectivity index (χ4n) is 1.18. The standard InChI is InChI=1S/C11H16N2/c1-4-9(2)13-10(3)11-7-5-6-8-12-11/h4-10,13H,1H2,2-3H3/t9?,10-/m1/s1. The summed E-state index contributed by atoms with van der Waals surface area (Å²) >= 11 is 0. The third-order valence-electron chi connectivity index (χ3n) is 2.00. The number of nitrogens with one attached hydrogen (secondary N) is 1. The molecule has 2 nitrogen and oxygen atoms in total. The van der Waals surface area contributed by atoms with Crippen LogP contribution in [0.15, 0.2) is 37.1 Å². The minimum absolute atomic E-state index is 0.272. The third-order valence-corrected chi connectivity index (χ3v) is 2.00. The summed E-state index contributed by atoms with van der Waals surface area (Å²) in [4.78, 5) is 4.27. The van der Waals surface area contributed by atoms with Crippen molar-refractivity contribution in [2.45, 2.75) is 25.9 Å². The molecule has 0 bridgehead atoms. The zero-order valence-corrected chi connectivity index (χ0v) is 8.20. The second-order valence-corrected chi connectivity index (χ2v) is 3.17. The predicted molar refractivity (Wildman–Crippen MR) is 55.4 cm³/mol. The molecule has 13 heavy (non-hydrogen) atoms. The molecule has 0 aliphatic rings. The van der Waals surface area contributed by atoms with E-state index >= 15 is 0 Å². The number of hydrogen-bond acceptors (Lipinski definition) is 2. The molecule has 0 radical (unpaired) electrons. The molecule has 0 aliphatic carbocycles. The smallest absolute Gasteiger partial charge is 0.0570 e. The highest BCUT2D eigenvalue weighted by atomic mass is 15.0. The summed E-state index contributed by atoms with van der Waals surface area (Å²) in [5.41, 5.74) is 1.07. The van der Waals surface area contributed by atoms with E-state index in [-0.39, 0.29) is 6.04 Å². The van der Waals surface area contributed by atoms with Gasteiger partial charge in [-0.1, -0.05) is 12.1 Å². The molecule has 1 heterocycles. The lowest BCUT2D eigenvalue weighted by atomic mass is 10.2. The quantitative estimate of drug-likeness (QED) is 0.712. The fraction of sp³-hybridized carbons (Fsp3) is 0.364. The van der Waals surface area contributed by atoms with Crippen molar-refractivity contribution < 1.29 is 0 Å². The van der Waals surface area contributed by atoms with Gasteiger partial charge in [-0.15, -0.1) is 6.58 Å². The molecule has 0 aromatic carbocycles. The normalized spacial score (nSPS) is 14.9. The van der Waals surface area contributed by atoms with Gasteiger partial charge in [-0.3, -0.25) is 4.98 Å². The van der Waals surface area contributed by atoms with Crippen molar-refractivity contribution in [2.75, 3.05) is 0 Å². The summed E-state index contributed by atoms with van der Waals surface area (Å²) in [5, 5.41) is 3.37. The maximum absolute atomic E-state index is 4.27. The van der Waals surface area contributed by atoms with Crippen LogP contribution in [0, 0.1) is 0 Å². The summed E-state index contributed by atoms with van der Waals surface area (Å²) in [6.07, 6.45) is 3.70. The van der Waals surface area contributed by atoms with Crippen LogP contribution in [-0.4, -0.2) is 11.0 Å². The predicted octanol–water partition coefficient (Wildman–Crippen LogP) is 2.31. The van der Waals surface area contributed by atoms with Crippen molar-refractivity contribution >= 4 is 0 Å². The van der Waals surface area contributed by atoms with E-state index in [1.807, 2.05) is 30.5 Å². The van der Waals surface area contributed by atoms with Crippen LogP contribution in [0.3, 0.4) is 0 Å². The molecule has 70 valence electrons. The lowest BCUT2D eigenvalue weighted by molar-refractivity contribution is 0.526. The van der Waals surface area contributed by atoms with E-state index in [4.69, 9.17) is 0 Å². The molecular weight excluding hydrogens is 160 g/mol. The molecule has 1 rings (SSSR count). The first kappa shape index (κ1) is 9.93. The van der Waals surface area contributed by atoms with Gasteiger partial charge in [0.1, 0.15) is 0 Å². The highest BCUT2D eigenvalue weighted by Gasteiger charge is 2.06. The average molecular weight is 176 g/mol. The molecule has 0 saturated carbocycles. The van der Waals surface area contributed by atoms with E-state index in [1.54, 1.807) is 0 Å². The number of nitrogens with zero attached hydrogens (tertiary/aromatic N) is 1. The van der Waals surface area contributed by atoms with Gasteiger partial charge >= 0.3 is 0 Å². The summed E-state index contributed by atoms with van der Waals surface area (Å²) in [6.45, 7) is 7.90. The highest BCUT2D eigenvalue weighted by molar-refractivity contribution is 5.08. The van der Waals surface area contributed by atoms with Gasteiger partial charge in [0, 0.05) is 18.3 Å². The molecule has 2 atom stereocenters. The molecule has 2 heteroatoms. The number of pyridine rings is 1. The molecule has 1 aromatic heterocycles. The van der Waals surface area contributed by atoms with Crippen LogP contribution in [0.4, 0.5) is 0 Å². The van der Waals surface area contributed by atoms with Gasteiger partial charge in [-0.05, 0) is 26.0 Å². The monoisotopic (exact) mass is 176 g/mol. The van der Waals surface area contributed by atoms with Gasteiger partial charge in [0.15, 0.2) is 0 Å². The lowest BCUT2D eigenvalue weighted by Gasteiger charge is -2.16. The van der Waals surface area contributed by atoms with Gasteiger partial charge in [0.05, 0.1) is 5.69 Å². The van der Waals surface area contributed by atoms with Crippen LogP contribution in [-0.2, 0) is 0 Å². The molecule has 0 amide bonds. The molecule has 1 N–H and O–H groups in total. The van der Waals surface area contributed by atoms with Crippen molar-refractivity contribution in [2.24, 2.45) is 0 Å². The van der Waals surface area contributed by atoms with Crippen LogP contribution >= 0.6 is 0 Å². The molecule has 1 unspecified atom stereocenters. The Morgan fingerprint density at radius 1 is 1.46 bits per heavy atom. The van der Waals surface area contributed by atoms with Crippen molar-refractivity contribution in [3.63, 3.8) is 0 Å². The maximum atomic E-state index is 4.27. The molecule has 0 saturated heterocycles. The molecule has 0 aliphatic heterocycles. The minimum Gasteiger partial charge on any atom is -0.303 e. The Balaban J connectivity index is 2.58. The van der Waals surface area contributed by atoms with E-state index in [1.165, 1.54) is 0 Å². The SMILES string of the molecule is C=CC(C)N[C@H](C)c1ccccn1. The fourth-order valence-corrected chi connectivity index (χ4v) is 1.18. The highest BCUT2D eigenvalue weighted by Crippen LogP contribution is 2.08. The van der Waals surface area contributed by atoms with Gasteiger partial charge in [0.25, 0.3) is 0 Å². The minimum atomic E-state index is 0.272. The number of hydrogen-bond donors (Lipinski definition) is 1. The maximum Gasteiger partial charge on any atom is 0.0570 e. The first-order chi connectivity index (χ1) is 6.24. The van der Waals surface area contributed by atoms with Gasteiger partial charge in [0.2, 0.25) is 0 Å². The molecule has 0 fully saturated rings. The van der Waals surface area contributed by atoms with Crippen LogP contribution in [0.25, 0.3) is 0 Å². The van der Waals surface area contributed by atoms with E-state index in [2.05, 4.69) is 30.7 Å². The Morgan fingerprint density at radius 2 is 2.23 bits per heavy atom. The largest absolute Gasteiger partial charge is 0.303 e. The molecule has 1 aromatic rings. The average Bonchev–Trinajstić information content (AvgIpc) is 2.19. The summed E-state index contributed by atoms with van der Waals surface area (Å²) in [7, 11) is 0. The van der Waals surface area contributed by atoms with Crippen molar-refractivity contribution in [3.8, 4) is 0 Å². The van der Waals surface area contributed by atoms with E-state index in [0.717, 1.165) is 5.69 Å². The van der Waals surface area contributed by atoms with Gasteiger partial charge in [-0.25, -0.2) is 0 Å². The van der Waals surface area contributed by atoms with Crippen LogP contribution in [0.5, 0.6) is 0 Å². The third kappa shape index (κ3) is 2.99. The first-order valence-corrected chi connectivity index (χ1v) is 4.53. The molecular formula is C11H16N2. The van der Waals surface area contributed by atoms with E-state index in [9.17, 15) is 0 Å². The van der Waals surface area contributed by atoms with E-state index < -0.39 is 0 Å². The van der Waals surface area contributed by atoms with Crippen molar-refractivity contribution in [3.05, 3.63) is 42.7 Å².